The standard InChI is InChI=1S/C35H40N2O5/c1-35(2,3)30-22-17-27(18-23-30)24-41-31-10-6-5-9-28(31)19-14-25(8-4-7-11-32(38)39)12-13-26-15-20-29(21-16-26)33-36-37-34(40)42-33/h5-6,9-10,14-23,25H,4,7-8,11-13,24H2,1-3H3,(H,37,40)(H,38,39)/b19-14+. The molecule has 1 aromatic heterocycles. The SMILES string of the molecule is CC(C)(C)c1ccc(COc2ccccc2/C=C/C(CCCCC(=O)O)CCc2ccc(-c3n[nH]c(=O)o3)cc2)cc1. The highest BCUT2D eigenvalue weighted by Crippen LogP contribution is 2.26. The number of aliphatic carboxylic acids is 1. The molecule has 0 saturated heterocycles. The maximum absolute atomic E-state index is 11.2. The van der Waals surface area contributed by atoms with Gasteiger partial charge < -0.3 is 14.3 Å². The van der Waals surface area contributed by atoms with Crippen molar-refractivity contribution in [2.45, 2.75) is 71.3 Å². The first kappa shape index (κ1) is 30.6. The van der Waals surface area contributed by atoms with Crippen LogP contribution in [0.4, 0.5) is 0 Å². The van der Waals surface area contributed by atoms with E-state index >= 15 is 0 Å². The van der Waals surface area contributed by atoms with E-state index < -0.39 is 11.7 Å². The molecule has 0 bridgehead atoms. The predicted octanol–water partition coefficient (Wildman–Crippen LogP) is 7.81. The Morgan fingerprint density at radius 3 is 2.36 bits per heavy atom. The van der Waals surface area contributed by atoms with Gasteiger partial charge in [0.2, 0.25) is 5.89 Å². The second kappa shape index (κ2) is 14.5. The first-order valence-electron chi connectivity index (χ1n) is 14.5. The van der Waals surface area contributed by atoms with Crippen LogP contribution >= 0.6 is 0 Å². The Morgan fingerprint density at radius 1 is 0.976 bits per heavy atom. The number of carbonyl (C=O) groups is 1. The monoisotopic (exact) mass is 568 g/mol. The molecule has 1 heterocycles. The van der Waals surface area contributed by atoms with Crippen LogP contribution in [0.15, 0.2) is 88.1 Å². The van der Waals surface area contributed by atoms with Gasteiger partial charge in [-0.25, -0.2) is 9.89 Å². The summed E-state index contributed by atoms with van der Waals surface area (Å²) in [6.45, 7) is 7.12. The second-order valence-electron chi connectivity index (χ2n) is 11.7. The van der Waals surface area contributed by atoms with Crippen LogP contribution in [0.3, 0.4) is 0 Å². The number of rotatable bonds is 14. The predicted molar refractivity (Wildman–Crippen MR) is 165 cm³/mol. The Hall–Kier alpha value is -4.39. The Morgan fingerprint density at radius 2 is 1.69 bits per heavy atom. The highest BCUT2D eigenvalue weighted by molar-refractivity contribution is 5.66. The van der Waals surface area contributed by atoms with Crippen LogP contribution in [0.25, 0.3) is 17.5 Å². The Labute approximate surface area is 247 Å². The number of carboxylic acids is 1. The number of aromatic amines is 1. The number of H-pyrrole nitrogens is 1. The van der Waals surface area contributed by atoms with Crippen molar-refractivity contribution < 1.29 is 19.1 Å². The summed E-state index contributed by atoms with van der Waals surface area (Å²) < 4.78 is 11.3. The van der Waals surface area contributed by atoms with Gasteiger partial charge in [0.25, 0.3) is 0 Å². The number of hydrogen-bond acceptors (Lipinski definition) is 5. The van der Waals surface area contributed by atoms with E-state index in [-0.39, 0.29) is 23.6 Å². The van der Waals surface area contributed by atoms with Gasteiger partial charge in [-0.3, -0.25) is 4.79 Å². The summed E-state index contributed by atoms with van der Waals surface area (Å²) in [7, 11) is 0. The zero-order valence-corrected chi connectivity index (χ0v) is 24.6. The van der Waals surface area contributed by atoms with E-state index in [9.17, 15) is 9.59 Å². The van der Waals surface area contributed by atoms with Gasteiger partial charge in [0.15, 0.2) is 0 Å². The van der Waals surface area contributed by atoms with Crippen LogP contribution in [0.1, 0.15) is 75.1 Å². The number of hydrogen-bond donors (Lipinski definition) is 2. The van der Waals surface area contributed by atoms with Gasteiger partial charge in [-0.2, -0.15) is 0 Å². The minimum Gasteiger partial charge on any atom is -0.488 e. The number of para-hydroxylation sites is 1. The Kier molecular flexibility index (Phi) is 10.5. The third kappa shape index (κ3) is 9.33. The zero-order chi connectivity index (χ0) is 30.0. The van der Waals surface area contributed by atoms with Crippen molar-refractivity contribution in [3.8, 4) is 17.2 Å². The molecule has 7 heteroatoms. The van der Waals surface area contributed by atoms with Crippen LogP contribution in [-0.4, -0.2) is 21.3 Å². The number of unbranched alkanes of at least 4 members (excludes halogenated alkanes) is 1. The summed E-state index contributed by atoms with van der Waals surface area (Å²) in [5, 5.41) is 15.2. The van der Waals surface area contributed by atoms with Gasteiger partial charge >= 0.3 is 11.7 Å². The molecule has 7 nitrogen and oxygen atoms in total. The quantitative estimate of drug-likeness (QED) is 0.150. The van der Waals surface area contributed by atoms with E-state index in [4.69, 9.17) is 14.3 Å². The number of nitrogens with one attached hydrogen (secondary N) is 1. The van der Waals surface area contributed by atoms with E-state index in [1.807, 2.05) is 42.5 Å². The molecule has 0 amide bonds. The molecule has 0 aliphatic carbocycles. The second-order valence-corrected chi connectivity index (χ2v) is 11.7. The fourth-order valence-corrected chi connectivity index (χ4v) is 4.79. The average Bonchev–Trinajstić information content (AvgIpc) is 3.41. The molecule has 0 saturated carbocycles. The number of ether oxygens (including phenoxy) is 1. The lowest BCUT2D eigenvalue weighted by Crippen LogP contribution is -2.10. The van der Waals surface area contributed by atoms with Crippen molar-refractivity contribution in [1.82, 2.24) is 10.2 Å². The maximum Gasteiger partial charge on any atom is 0.434 e. The van der Waals surface area contributed by atoms with Crippen molar-refractivity contribution >= 4 is 12.0 Å². The maximum atomic E-state index is 11.2. The number of aryl methyl sites for hydroxylation is 1. The van der Waals surface area contributed by atoms with E-state index in [1.165, 1.54) is 11.1 Å². The Bertz CT molecular complexity index is 1510. The molecule has 0 aliphatic rings. The number of carboxylic acid groups (broad SMARTS) is 1. The van der Waals surface area contributed by atoms with Crippen molar-refractivity contribution in [1.29, 1.82) is 0 Å². The molecule has 220 valence electrons. The minimum atomic E-state index is -0.756. The van der Waals surface area contributed by atoms with Crippen LogP contribution in [0.2, 0.25) is 0 Å². The first-order chi connectivity index (χ1) is 20.2. The average molecular weight is 569 g/mol. The van der Waals surface area contributed by atoms with Crippen molar-refractivity contribution in [2.75, 3.05) is 0 Å². The molecule has 2 N–H and O–H groups in total. The van der Waals surface area contributed by atoms with E-state index in [2.05, 4.69) is 73.5 Å². The van der Waals surface area contributed by atoms with Gasteiger partial charge in [0, 0.05) is 17.5 Å². The lowest BCUT2D eigenvalue weighted by atomic mass is 9.87. The van der Waals surface area contributed by atoms with Crippen molar-refractivity contribution in [3.05, 3.63) is 112 Å². The highest BCUT2D eigenvalue weighted by Gasteiger charge is 2.13. The molecule has 0 radical (unpaired) electrons. The van der Waals surface area contributed by atoms with Crippen molar-refractivity contribution in [3.63, 3.8) is 0 Å². The zero-order valence-electron chi connectivity index (χ0n) is 24.6. The van der Waals surface area contributed by atoms with Crippen LogP contribution in [0.5, 0.6) is 5.75 Å². The fourth-order valence-electron chi connectivity index (χ4n) is 4.79. The molecule has 42 heavy (non-hydrogen) atoms. The summed E-state index contributed by atoms with van der Waals surface area (Å²) in [5.41, 5.74) is 5.46. The minimum absolute atomic E-state index is 0.115. The number of aromatic nitrogens is 2. The highest BCUT2D eigenvalue weighted by atomic mass is 16.5. The molecule has 4 rings (SSSR count). The summed E-state index contributed by atoms with van der Waals surface area (Å²) in [4.78, 5) is 22.2. The third-order valence-corrected chi connectivity index (χ3v) is 7.34. The molecule has 0 spiro atoms. The summed E-state index contributed by atoms with van der Waals surface area (Å²) in [5.74, 6) is 0.0516. The molecular weight excluding hydrogens is 528 g/mol. The molecule has 1 unspecified atom stereocenters. The molecule has 0 aliphatic heterocycles. The topological polar surface area (TPSA) is 105 Å². The normalized spacial score (nSPS) is 12.5. The van der Waals surface area contributed by atoms with E-state index in [1.54, 1.807) is 0 Å². The van der Waals surface area contributed by atoms with Gasteiger partial charge in [-0.15, -0.1) is 5.10 Å². The summed E-state index contributed by atoms with van der Waals surface area (Å²) >= 11 is 0. The largest absolute Gasteiger partial charge is 0.488 e. The number of nitrogens with zero attached hydrogens (tertiary/aromatic N) is 1. The van der Waals surface area contributed by atoms with Crippen LogP contribution < -0.4 is 10.5 Å². The number of allylic oxidation sites excluding steroid dienone is 1. The smallest absolute Gasteiger partial charge is 0.434 e. The molecule has 4 aromatic rings. The summed E-state index contributed by atoms with van der Waals surface area (Å²) in [6.07, 6.45) is 8.75. The van der Waals surface area contributed by atoms with Crippen LogP contribution in [0, 0.1) is 5.92 Å². The Balaban J connectivity index is 1.40. The van der Waals surface area contributed by atoms with Gasteiger partial charge in [-0.1, -0.05) is 93.9 Å². The number of benzene rings is 3. The lowest BCUT2D eigenvalue weighted by Gasteiger charge is -2.19. The van der Waals surface area contributed by atoms with E-state index in [0.29, 0.717) is 13.0 Å². The third-order valence-electron chi connectivity index (χ3n) is 7.34. The molecule has 0 fully saturated rings. The fraction of sp³-hybridized carbons (Fsp3) is 0.343. The van der Waals surface area contributed by atoms with E-state index in [0.717, 1.165) is 48.1 Å². The van der Waals surface area contributed by atoms with Gasteiger partial charge in [-0.05, 0) is 71.9 Å². The molecule has 1 atom stereocenters. The van der Waals surface area contributed by atoms with Crippen molar-refractivity contribution in [2.24, 2.45) is 5.92 Å². The first-order valence-corrected chi connectivity index (χ1v) is 14.5. The van der Waals surface area contributed by atoms with Crippen LogP contribution in [-0.2, 0) is 23.2 Å². The summed E-state index contributed by atoms with van der Waals surface area (Å²) in [6, 6.07) is 24.5. The molecular formula is C35H40N2O5. The lowest BCUT2D eigenvalue weighted by molar-refractivity contribution is -0.137. The van der Waals surface area contributed by atoms with Gasteiger partial charge in [0.05, 0.1) is 0 Å². The molecule has 3 aromatic carbocycles. The van der Waals surface area contributed by atoms with Gasteiger partial charge in [0.1, 0.15) is 12.4 Å².